The summed E-state index contributed by atoms with van der Waals surface area (Å²) in [5.41, 5.74) is -0.520. The molecule has 2 rings (SSSR count). The van der Waals surface area contributed by atoms with E-state index in [0.29, 0.717) is 0 Å². The highest BCUT2D eigenvalue weighted by atomic mass is 16.3. The van der Waals surface area contributed by atoms with Gasteiger partial charge in [0.05, 0.1) is 12.1 Å². The molecule has 2 aliphatic rings. The molecule has 2 amide bonds. The van der Waals surface area contributed by atoms with Crippen LogP contribution in [-0.2, 0) is 0 Å². The summed E-state index contributed by atoms with van der Waals surface area (Å²) in [4.78, 5) is 17.2. The summed E-state index contributed by atoms with van der Waals surface area (Å²) in [7, 11) is 2.20. The molecule has 6 nitrogen and oxygen atoms in total. The Balaban J connectivity index is 1.71. The van der Waals surface area contributed by atoms with Gasteiger partial charge in [-0.25, -0.2) is 4.79 Å². The average Bonchev–Trinajstić information content (AvgIpc) is 2.56. The molecule has 3 N–H and O–H groups in total. The lowest BCUT2D eigenvalue weighted by Crippen LogP contribution is -2.56. The highest BCUT2D eigenvalue weighted by Crippen LogP contribution is 2.20. The topological polar surface area (TPSA) is 67.8 Å². The van der Waals surface area contributed by atoms with Crippen molar-refractivity contribution in [3.8, 4) is 0 Å². The molecular formula is C18H36N4O2. The monoisotopic (exact) mass is 340 g/mol. The van der Waals surface area contributed by atoms with Gasteiger partial charge in [0.25, 0.3) is 0 Å². The summed E-state index contributed by atoms with van der Waals surface area (Å²) in [6.45, 7) is 8.48. The highest BCUT2D eigenvalue weighted by molar-refractivity contribution is 5.75. The number of nitrogens with one attached hydrogen (secondary N) is 2. The number of piperidine rings is 2. The first-order valence-electron chi connectivity index (χ1n) is 9.58. The van der Waals surface area contributed by atoms with Gasteiger partial charge in [-0.3, -0.25) is 0 Å². The third-order valence-electron chi connectivity index (χ3n) is 5.64. The van der Waals surface area contributed by atoms with Crippen LogP contribution in [0.25, 0.3) is 0 Å². The molecule has 140 valence electrons. The van der Waals surface area contributed by atoms with Crippen molar-refractivity contribution in [2.45, 2.75) is 70.0 Å². The standard InChI is InChI=1S/C18H36N4O2/c1-4-9-18(2,14-23)20-17(24)19-15-5-12-22(13-6-15)16-7-10-21(3)11-8-16/h15-16,23H,4-14H2,1-3H3,(H2,19,20,24). The third kappa shape index (κ3) is 5.60. The van der Waals surface area contributed by atoms with Crippen LogP contribution in [0.4, 0.5) is 4.79 Å². The lowest BCUT2D eigenvalue weighted by atomic mass is 9.97. The number of hydrogen-bond donors (Lipinski definition) is 3. The van der Waals surface area contributed by atoms with E-state index in [1.54, 1.807) is 0 Å². The summed E-state index contributed by atoms with van der Waals surface area (Å²) in [5, 5.41) is 15.6. The summed E-state index contributed by atoms with van der Waals surface area (Å²) in [6, 6.07) is 0.827. The van der Waals surface area contributed by atoms with Crippen molar-refractivity contribution in [2.24, 2.45) is 0 Å². The molecule has 1 atom stereocenters. The molecule has 2 heterocycles. The molecule has 2 fully saturated rings. The molecule has 1 unspecified atom stereocenters. The fourth-order valence-electron chi connectivity index (χ4n) is 4.00. The second kappa shape index (κ2) is 9.02. The molecule has 0 aromatic heterocycles. The maximum Gasteiger partial charge on any atom is 0.315 e. The van der Waals surface area contributed by atoms with Crippen LogP contribution in [-0.4, -0.2) is 78.4 Å². The maximum atomic E-state index is 12.2. The van der Waals surface area contributed by atoms with Crippen LogP contribution in [0.1, 0.15) is 52.4 Å². The fraction of sp³-hybridized carbons (Fsp3) is 0.944. The summed E-state index contributed by atoms with van der Waals surface area (Å²) in [5.74, 6) is 0. The molecule has 0 bridgehead atoms. The van der Waals surface area contributed by atoms with Gasteiger partial charge in [0.2, 0.25) is 0 Å². The van der Waals surface area contributed by atoms with Gasteiger partial charge in [0, 0.05) is 25.2 Å². The number of rotatable bonds is 6. The number of hydrogen-bond acceptors (Lipinski definition) is 4. The first-order valence-corrected chi connectivity index (χ1v) is 9.58. The van der Waals surface area contributed by atoms with E-state index in [0.717, 1.165) is 44.8 Å². The number of aliphatic hydroxyl groups excluding tert-OH is 1. The second-order valence-electron chi connectivity index (χ2n) is 7.91. The Morgan fingerprint density at radius 3 is 2.33 bits per heavy atom. The van der Waals surface area contributed by atoms with Crippen LogP contribution in [0.2, 0.25) is 0 Å². The van der Waals surface area contributed by atoms with E-state index in [4.69, 9.17) is 0 Å². The Labute approximate surface area is 147 Å². The smallest absolute Gasteiger partial charge is 0.315 e. The Morgan fingerprint density at radius 1 is 1.17 bits per heavy atom. The molecule has 2 aliphatic heterocycles. The Kier molecular flexibility index (Phi) is 7.32. The molecule has 0 aliphatic carbocycles. The van der Waals surface area contributed by atoms with E-state index < -0.39 is 5.54 Å². The van der Waals surface area contributed by atoms with E-state index >= 15 is 0 Å². The lowest BCUT2D eigenvalue weighted by Gasteiger charge is -2.41. The molecular weight excluding hydrogens is 304 g/mol. The molecule has 6 heteroatoms. The first kappa shape index (κ1) is 19.5. The number of aliphatic hydroxyl groups is 1. The minimum atomic E-state index is -0.520. The fourth-order valence-corrected chi connectivity index (χ4v) is 4.00. The zero-order valence-corrected chi connectivity index (χ0v) is 15.7. The number of urea groups is 1. The minimum absolute atomic E-state index is 0.0250. The average molecular weight is 341 g/mol. The van der Waals surface area contributed by atoms with Crippen molar-refractivity contribution in [1.82, 2.24) is 20.4 Å². The van der Waals surface area contributed by atoms with Gasteiger partial charge in [0.1, 0.15) is 0 Å². The van der Waals surface area contributed by atoms with E-state index in [1.165, 1.54) is 25.9 Å². The lowest BCUT2D eigenvalue weighted by molar-refractivity contribution is 0.0926. The molecule has 24 heavy (non-hydrogen) atoms. The maximum absolute atomic E-state index is 12.2. The van der Waals surface area contributed by atoms with Crippen molar-refractivity contribution in [3.63, 3.8) is 0 Å². The van der Waals surface area contributed by atoms with Gasteiger partial charge < -0.3 is 25.5 Å². The van der Waals surface area contributed by atoms with Crippen molar-refractivity contribution < 1.29 is 9.90 Å². The van der Waals surface area contributed by atoms with Crippen LogP contribution in [0.5, 0.6) is 0 Å². The van der Waals surface area contributed by atoms with Crippen molar-refractivity contribution in [1.29, 1.82) is 0 Å². The zero-order valence-electron chi connectivity index (χ0n) is 15.7. The minimum Gasteiger partial charge on any atom is -0.394 e. The van der Waals surface area contributed by atoms with Gasteiger partial charge in [0.15, 0.2) is 0 Å². The largest absolute Gasteiger partial charge is 0.394 e. The third-order valence-corrected chi connectivity index (χ3v) is 5.64. The van der Waals surface area contributed by atoms with Crippen LogP contribution in [0.15, 0.2) is 0 Å². The second-order valence-corrected chi connectivity index (χ2v) is 7.91. The van der Waals surface area contributed by atoms with Crippen molar-refractivity contribution >= 4 is 6.03 Å². The SMILES string of the molecule is CCCC(C)(CO)NC(=O)NC1CCN(C2CCN(C)CC2)CC1. The first-order chi connectivity index (χ1) is 11.5. The Morgan fingerprint density at radius 2 is 1.79 bits per heavy atom. The van der Waals surface area contributed by atoms with Gasteiger partial charge in [-0.05, 0) is 59.2 Å². The number of carbonyl (C=O) groups excluding carboxylic acids is 1. The number of amides is 2. The number of nitrogens with zero attached hydrogens (tertiary/aromatic N) is 2. The van der Waals surface area contributed by atoms with E-state index in [-0.39, 0.29) is 18.7 Å². The predicted molar refractivity (Wildman–Crippen MR) is 97.2 cm³/mol. The van der Waals surface area contributed by atoms with Crippen molar-refractivity contribution in [2.75, 3.05) is 39.8 Å². The van der Waals surface area contributed by atoms with Crippen LogP contribution < -0.4 is 10.6 Å². The molecule has 0 spiro atoms. The van der Waals surface area contributed by atoms with Gasteiger partial charge in [-0.2, -0.15) is 0 Å². The van der Waals surface area contributed by atoms with Crippen LogP contribution >= 0.6 is 0 Å². The van der Waals surface area contributed by atoms with E-state index in [9.17, 15) is 9.90 Å². The van der Waals surface area contributed by atoms with Crippen LogP contribution in [0, 0.1) is 0 Å². The highest BCUT2D eigenvalue weighted by Gasteiger charge is 2.29. The van der Waals surface area contributed by atoms with Crippen molar-refractivity contribution in [3.05, 3.63) is 0 Å². The molecule has 0 aromatic rings. The van der Waals surface area contributed by atoms with E-state index in [2.05, 4.69) is 34.4 Å². The molecule has 2 saturated heterocycles. The van der Waals surface area contributed by atoms with E-state index in [1.807, 2.05) is 6.92 Å². The van der Waals surface area contributed by atoms with Crippen LogP contribution in [0.3, 0.4) is 0 Å². The number of likely N-dealkylation sites (tertiary alicyclic amines) is 2. The van der Waals surface area contributed by atoms with Gasteiger partial charge >= 0.3 is 6.03 Å². The quantitative estimate of drug-likeness (QED) is 0.684. The summed E-state index contributed by atoms with van der Waals surface area (Å²) >= 11 is 0. The Hall–Kier alpha value is -0.850. The summed E-state index contributed by atoms with van der Waals surface area (Å²) < 4.78 is 0. The molecule has 0 aromatic carbocycles. The predicted octanol–water partition coefficient (Wildman–Crippen LogP) is 1.40. The molecule has 0 radical (unpaired) electrons. The van der Waals surface area contributed by atoms with Gasteiger partial charge in [-0.1, -0.05) is 13.3 Å². The molecule has 0 saturated carbocycles. The van der Waals surface area contributed by atoms with Gasteiger partial charge in [-0.15, -0.1) is 0 Å². The summed E-state index contributed by atoms with van der Waals surface area (Å²) in [6.07, 6.45) is 6.28. The normalized spacial score (nSPS) is 24.5. The number of carbonyl (C=O) groups is 1. The zero-order chi connectivity index (χ0) is 17.6. The Bertz CT molecular complexity index is 390.